The molecule has 0 bridgehead atoms. The van der Waals surface area contributed by atoms with Gasteiger partial charge in [0.1, 0.15) is 5.69 Å². The molecule has 1 fully saturated rings. The highest BCUT2D eigenvalue weighted by Gasteiger charge is 2.19. The van der Waals surface area contributed by atoms with Crippen LogP contribution in [0.2, 0.25) is 0 Å². The molecule has 2 amide bonds. The van der Waals surface area contributed by atoms with Gasteiger partial charge in [0.15, 0.2) is 0 Å². The minimum Gasteiger partial charge on any atom is -0.453 e. The summed E-state index contributed by atoms with van der Waals surface area (Å²) in [6, 6.07) is 7.48. The van der Waals surface area contributed by atoms with Gasteiger partial charge in [0.25, 0.3) is 5.69 Å². The number of carbonyl (C=O) groups is 2. The molecule has 3 rings (SSSR count). The maximum atomic E-state index is 12.9. The van der Waals surface area contributed by atoms with Crippen LogP contribution in [0.25, 0.3) is 0 Å². The van der Waals surface area contributed by atoms with Crippen LogP contribution in [0, 0.1) is 32.0 Å². The van der Waals surface area contributed by atoms with Crippen molar-refractivity contribution in [1.82, 2.24) is 0 Å². The van der Waals surface area contributed by atoms with Gasteiger partial charge >= 0.3 is 17.9 Å². The Morgan fingerprint density at radius 1 is 0.946 bits per heavy atom. The molecular weight excluding hydrogens is 497 g/mol. The number of hydrogen-bond donors (Lipinski definition) is 3. The van der Waals surface area contributed by atoms with Crippen molar-refractivity contribution in [3.63, 3.8) is 0 Å². The second kappa shape index (κ2) is 14.1. The zero-order valence-corrected chi connectivity index (χ0v) is 20.0. The maximum absolute atomic E-state index is 12.9. The Balaban J connectivity index is 0.000000281. The predicted molar refractivity (Wildman–Crippen MR) is 130 cm³/mol. The van der Waals surface area contributed by atoms with Gasteiger partial charge < -0.3 is 19.5 Å². The molecule has 0 atom stereocenters. The van der Waals surface area contributed by atoms with Crippen LogP contribution in [0.15, 0.2) is 36.4 Å². The number of ether oxygens (including phenoxy) is 3. The SMILES string of the molecule is COC(=O)Nc1ccc(F)c([N+](=O)[O-])c1.COC(=O)Nc1ccc(NCC2CCOCC2)c([N+](=O)[O-])c1. The molecule has 2 aromatic carbocycles. The molecule has 1 saturated heterocycles. The molecule has 0 aromatic heterocycles. The smallest absolute Gasteiger partial charge is 0.411 e. The predicted octanol–water partition coefficient (Wildman–Crippen LogP) is 4.52. The number of nitrogens with one attached hydrogen (secondary N) is 3. The van der Waals surface area contributed by atoms with Crippen molar-refractivity contribution in [2.45, 2.75) is 12.8 Å². The van der Waals surface area contributed by atoms with E-state index in [9.17, 15) is 34.2 Å². The topological polar surface area (TPSA) is 184 Å². The summed E-state index contributed by atoms with van der Waals surface area (Å²) in [4.78, 5) is 42.1. The zero-order valence-electron chi connectivity index (χ0n) is 20.0. The molecule has 0 unspecified atom stereocenters. The van der Waals surface area contributed by atoms with Gasteiger partial charge in [-0.05, 0) is 43.0 Å². The Labute approximate surface area is 210 Å². The van der Waals surface area contributed by atoms with Crippen LogP contribution >= 0.6 is 0 Å². The van der Waals surface area contributed by atoms with Gasteiger partial charge in [0.05, 0.1) is 35.4 Å². The summed E-state index contributed by atoms with van der Waals surface area (Å²) >= 11 is 0. The van der Waals surface area contributed by atoms with E-state index in [1.807, 2.05) is 0 Å². The Kier molecular flexibility index (Phi) is 11.0. The number of benzene rings is 2. The van der Waals surface area contributed by atoms with E-state index in [0.29, 0.717) is 23.8 Å². The van der Waals surface area contributed by atoms with E-state index in [1.165, 1.54) is 19.2 Å². The molecule has 0 aliphatic carbocycles. The van der Waals surface area contributed by atoms with Crippen LogP contribution in [-0.2, 0) is 14.2 Å². The van der Waals surface area contributed by atoms with E-state index in [-0.39, 0.29) is 11.4 Å². The van der Waals surface area contributed by atoms with Crippen molar-refractivity contribution < 1.29 is 38.0 Å². The van der Waals surface area contributed by atoms with Crippen LogP contribution in [0.4, 0.5) is 42.4 Å². The number of carbonyl (C=O) groups excluding carboxylic acids is 2. The summed E-state index contributed by atoms with van der Waals surface area (Å²) in [5.74, 6) is -0.517. The quantitative estimate of drug-likeness (QED) is 0.344. The molecule has 0 spiro atoms. The van der Waals surface area contributed by atoms with Crippen LogP contribution < -0.4 is 16.0 Å². The van der Waals surface area contributed by atoms with Crippen LogP contribution in [-0.4, -0.2) is 56.0 Å². The number of rotatable bonds is 7. The second-order valence-corrected chi connectivity index (χ2v) is 7.58. The summed E-state index contributed by atoms with van der Waals surface area (Å²) in [6.45, 7) is 2.13. The third kappa shape index (κ3) is 9.21. The van der Waals surface area contributed by atoms with Gasteiger partial charge in [-0.25, -0.2) is 9.59 Å². The first-order chi connectivity index (χ1) is 17.6. The van der Waals surface area contributed by atoms with Gasteiger partial charge in [-0.3, -0.25) is 30.9 Å². The Morgan fingerprint density at radius 3 is 1.97 bits per heavy atom. The third-order valence-electron chi connectivity index (χ3n) is 5.12. The lowest BCUT2D eigenvalue weighted by Gasteiger charge is -2.22. The molecule has 1 heterocycles. The van der Waals surface area contributed by atoms with Crippen molar-refractivity contribution >= 4 is 40.6 Å². The number of nitrogens with zero attached hydrogens (tertiary/aromatic N) is 2. The molecule has 0 radical (unpaired) electrons. The molecular formula is C22H26FN5O9. The number of amides is 2. The van der Waals surface area contributed by atoms with Crippen LogP contribution in [0.3, 0.4) is 0 Å². The Hall–Kier alpha value is -4.53. The van der Waals surface area contributed by atoms with E-state index in [2.05, 4.69) is 25.4 Å². The lowest BCUT2D eigenvalue weighted by molar-refractivity contribution is -0.387. The number of nitro groups is 2. The summed E-state index contributed by atoms with van der Waals surface area (Å²) < 4.78 is 26.9. The van der Waals surface area contributed by atoms with E-state index < -0.39 is 33.5 Å². The fraction of sp³-hybridized carbons (Fsp3) is 0.364. The molecule has 14 nitrogen and oxygen atoms in total. The van der Waals surface area contributed by atoms with Gasteiger partial charge in [-0.1, -0.05) is 0 Å². The molecule has 2 aromatic rings. The molecule has 200 valence electrons. The highest BCUT2D eigenvalue weighted by Crippen LogP contribution is 2.29. The van der Waals surface area contributed by atoms with Crippen molar-refractivity contribution in [2.75, 3.05) is 49.9 Å². The first kappa shape index (κ1) is 28.7. The molecule has 0 saturated carbocycles. The van der Waals surface area contributed by atoms with E-state index >= 15 is 0 Å². The fourth-order valence-electron chi connectivity index (χ4n) is 3.18. The monoisotopic (exact) mass is 523 g/mol. The number of halogens is 1. The van der Waals surface area contributed by atoms with Crippen LogP contribution in [0.1, 0.15) is 12.8 Å². The lowest BCUT2D eigenvalue weighted by Crippen LogP contribution is -2.22. The second-order valence-electron chi connectivity index (χ2n) is 7.58. The van der Waals surface area contributed by atoms with Gasteiger partial charge in [-0.2, -0.15) is 4.39 Å². The first-order valence-corrected chi connectivity index (χ1v) is 10.9. The van der Waals surface area contributed by atoms with Gasteiger partial charge in [-0.15, -0.1) is 0 Å². The number of nitro benzene ring substituents is 2. The first-order valence-electron chi connectivity index (χ1n) is 10.9. The fourth-order valence-corrected chi connectivity index (χ4v) is 3.18. The minimum absolute atomic E-state index is 0.0824. The van der Waals surface area contributed by atoms with Crippen LogP contribution in [0.5, 0.6) is 0 Å². The Bertz CT molecular complexity index is 1130. The highest BCUT2D eigenvalue weighted by atomic mass is 19.1. The number of methoxy groups -OCH3 is 2. The summed E-state index contributed by atoms with van der Waals surface area (Å²) in [5, 5.41) is 29.2. The lowest BCUT2D eigenvalue weighted by atomic mass is 10.0. The maximum Gasteiger partial charge on any atom is 0.411 e. The van der Waals surface area contributed by atoms with E-state index in [4.69, 9.17) is 4.74 Å². The van der Waals surface area contributed by atoms with Crippen molar-refractivity contribution in [3.8, 4) is 0 Å². The molecule has 15 heteroatoms. The summed E-state index contributed by atoms with van der Waals surface area (Å²) in [7, 11) is 2.38. The summed E-state index contributed by atoms with van der Waals surface area (Å²) in [5.41, 5.74) is 0.0573. The average molecular weight is 523 g/mol. The standard InChI is InChI=1S/C14H19N3O5.C8H7FN2O4/c1-21-14(18)16-11-2-3-12(13(8-11)17(19)20)15-9-10-4-6-22-7-5-10;1-15-8(12)10-5-2-3-6(9)7(4-5)11(13)14/h2-3,8,10,15H,4-7,9H2,1H3,(H,16,18);2-4H,1H3,(H,10,12). The molecule has 3 N–H and O–H groups in total. The molecule has 1 aliphatic rings. The van der Waals surface area contributed by atoms with Gasteiger partial charge in [0.2, 0.25) is 5.82 Å². The number of hydrogen-bond acceptors (Lipinski definition) is 10. The van der Waals surface area contributed by atoms with E-state index in [1.54, 1.807) is 12.1 Å². The van der Waals surface area contributed by atoms with Crippen molar-refractivity contribution in [1.29, 1.82) is 0 Å². The molecule has 37 heavy (non-hydrogen) atoms. The Morgan fingerprint density at radius 2 is 1.46 bits per heavy atom. The van der Waals surface area contributed by atoms with Crippen molar-refractivity contribution in [3.05, 3.63) is 62.4 Å². The van der Waals surface area contributed by atoms with Crippen molar-refractivity contribution in [2.24, 2.45) is 5.92 Å². The average Bonchev–Trinajstić information content (AvgIpc) is 2.89. The largest absolute Gasteiger partial charge is 0.453 e. The van der Waals surface area contributed by atoms with Gasteiger partial charge in [0, 0.05) is 31.9 Å². The molecule has 1 aliphatic heterocycles. The third-order valence-corrected chi connectivity index (χ3v) is 5.12. The zero-order chi connectivity index (χ0) is 27.4. The minimum atomic E-state index is -0.963. The summed E-state index contributed by atoms with van der Waals surface area (Å²) in [6.07, 6.45) is 0.444. The normalized spacial score (nSPS) is 12.8. The highest BCUT2D eigenvalue weighted by molar-refractivity contribution is 5.86. The number of anilines is 3. The van der Waals surface area contributed by atoms with E-state index in [0.717, 1.165) is 45.3 Å².